The summed E-state index contributed by atoms with van der Waals surface area (Å²) in [5.74, 6) is 1.51. The first kappa shape index (κ1) is 12.8. The normalized spacial score (nSPS) is 11.4. The van der Waals surface area contributed by atoms with E-state index in [1.807, 2.05) is 6.26 Å². The number of rotatable bonds is 6. The molecule has 1 unspecified atom stereocenters. The topological polar surface area (TPSA) is 66.4 Å². The number of thioether (sulfide) groups is 1. The SMILES string of the molecule is C#CCC(NC(=O)CCSC)C(=O)O. The fourth-order valence-electron chi connectivity index (χ4n) is 0.779. The number of carbonyl (C=O) groups excluding carboxylic acids is 1. The maximum Gasteiger partial charge on any atom is 0.327 e. The van der Waals surface area contributed by atoms with E-state index >= 15 is 0 Å². The van der Waals surface area contributed by atoms with Crippen molar-refractivity contribution in [3.05, 3.63) is 0 Å². The van der Waals surface area contributed by atoms with Crippen LogP contribution < -0.4 is 5.32 Å². The lowest BCUT2D eigenvalue weighted by Crippen LogP contribution is -2.40. The van der Waals surface area contributed by atoms with E-state index < -0.39 is 12.0 Å². The molecule has 0 fully saturated rings. The molecular formula is C9H13NO3S. The molecule has 78 valence electrons. The van der Waals surface area contributed by atoms with E-state index in [-0.39, 0.29) is 12.3 Å². The Labute approximate surface area is 87.4 Å². The molecular weight excluding hydrogens is 202 g/mol. The average molecular weight is 215 g/mol. The summed E-state index contributed by atoms with van der Waals surface area (Å²) >= 11 is 1.53. The first-order chi connectivity index (χ1) is 6.61. The first-order valence-corrected chi connectivity index (χ1v) is 5.45. The van der Waals surface area contributed by atoms with Crippen molar-refractivity contribution in [2.45, 2.75) is 18.9 Å². The third-order valence-electron chi connectivity index (χ3n) is 1.49. The number of aliphatic carboxylic acids is 1. The summed E-state index contributed by atoms with van der Waals surface area (Å²) in [4.78, 5) is 21.7. The van der Waals surface area contributed by atoms with Gasteiger partial charge < -0.3 is 10.4 Å². The molecule has 1 atom stereocenters. The average Bonchev–Trinajstić information content (AvgIpc) is 2.14. The van der Waals surface area contributed by atoms with Gasteiger partial charge in [0.05, 0.1) is 0 Å². The third-order valence-corrected chi connectivity index (χ3v) is 2.10. The van der Waals surface area contributed by atoms with E-state index in [9.17, 15) is 9.59 Å². The zero-order valence-electron chi connectivity index (χ0n) is 7.95. The molecule has 0 heterocycles. The highest BCUT2D eigenvalue weighted by atomic mass is 32.2. The van der Waals surface area contributed by atoms with Gasteiger partial charge in [0.15, 0.2) is 0 Å². The van der Waals surface area contributed by atoms with Crippen LogP contribution in [0.15, 0.2) is 0 Å². The number of carboxylic acids is 1. The largest absolute Gasteiger partial charge is 0.480 e. The standard InChI is InChI=1S/C9H13NO3S/c1-3-4-7(9(12)13)10-8(11)5-6-14-2/h1,7H,4-6H2,2H3,(H,10,11)(H,12,13). The van der Waals surface area contributed by atoms with Gasteiger partial charge in [-0.1, -0.05) is 0 Å². The summed E-state index contributed by atoms with van der Waals surface area (Å²) in [7, 11) is 0. The van der Waals surface area contributed by atoms with Crippen LogP contribution in [0.1, 0.15) is 12.8 Å². The van der Waals surface area contributed by atoms with E-state index in [4.69, 9.17) is 11.5 Å². The second-order valence-electron chi connectivity index (χ2n) is 2.61. The second-order valence-corrected chi connectivity index (χ2v) is 3.59. The number of hydrogen-bond acceptors (Lipinski definition) is 3. The monoisotopic (exact) mass is 215 g/mol. The molecule has 0 aliphatic rings. The Hall–Kier alpha value is -1.15. The van der Waals surface area contributed by atoms with Gasteiger partial charge in [0, 0.05) is 18.6 Å². The van der Waals surface area contributed by atoms with Crippen LogP contribution >= 0.6 is 11.8 Å². The molecule has 14 heavy (non-hydrogen) atoms. The Balaban J connectivity index is 3.97. The van der Waals surface area contributed by atoms with Gasteiger partial charge in [-0.25, -0.2) is 4.79 Å². The van der Waals surface area contributed by atoms with Crippen LogP contribution in [-0.2, 0) is 9.59 Å². The van der Waals surface area contributed by atoms with Gasteiger partial charge in [0.1, 0.15) is 6.04 Å². The minimum Gasteiger partial charge on any atom is -0.480 e. The number of terminal acetylenes is 1. The fraction of sp³-hybridized carbons (Fsp3) is 0.556. The van der Waals surface area contributed by atoms with E-state index in [1.54, 1.807) is 0 Å². The van der Waals surface area contributed by atoms with Crippen LogP contribution in [0.3, 0.4) is 0 Å². The molecule has 0 aliphatic carbocycles. The molecule has 2 N–H and O–H groups in total. The van der Waals surface area contributed by atoms with E-state index in [0.717, 1.165) is 0 Å². The van der Waals surface area contributed by atoms with Crippen molar-refractivity contribution in [3.8, 4) is 12.3 Å². The minimum absolute atomic E-state index is 0.0142. The maximum absolute atomic E-state index is 11.1. The Morgan fingerprint density at radius 2 is 2.29 bits per heavy atom. The molecule has 0 bridgehead atoms. The van der Waals surface area contributed by atoms with Crippen LogP contribution in [0.4, 0.5) is 0 Å². The molecule has 0 aliphatic heterocycles. The van der Waals surface area contributed by atoms with Crippen LogP contribution in [0.2, 0.25) is 0 Å². The smallest absolute Gasteiger partial charge is 0.327 e. The molecule has 4 nitrogen and oxygen atoms in total. The van der Waals surface area contributed by atoms with Gasteiger partial charge in [0.2, 0.25) is 5.91 Å². The lowest BCUT2D eigenvalue weighted by atomic mass is 10.2. The van der Waals surface area contributed by atoms with Crippen LogP contribution in [-0.4, -0.2) is 35.0 Å². The van der Waals surface area contributed by atoms with E-state index in [0.29, 0.717) is 12.2 Å². The molecule has 0 rings (SSSR count). The Morgan fingerprint density at radius 3 is 2.71 bits per heavy atom. The summed E-state index contributed by atoms with van der Waals surface area (Å²) in [5.41, 5.74) is 0. The third kappa shape index (κ3) is 5.49. The molecule has 0 aromatic heterocycles. The van der Waals surface area contributed by atoms with Crippen molar-refractivity contribution in [2.24, 2.45) is 0 Å². The van der Waals surface area contributed by atoms with Crippen LogP contribution in [0.5, 0.6) is 0 Å². The van der Waals surface area contributed by atoms with Gasteiger partial charge in [-0.15, -0.1) is 12.3 Å². The number of hydrogen-bond donors (Lipinski definition) is 2. The quantitative estimate of drug-likeness (QED) is 0.627. The van der Waals surface area contributed by atoms with E-state index in [1.165, 1.54) is 11.8 Å². The lowest BCUT2D eigenvalue weighted by molar-refractivity contribution is -0.141. The highest BCUT2D eigenvalue weighted by molar-refractivity contribution is 7.98. The summed E-state index contributed by atoms with van der Waals surface area (Å²) in [5, 5.41) is 11.0. The molecule has 5 heteroatoms. The zero-order valence-corrected chi connectivity index (χ0v) is 8.76. The highest BCUT2D eigenvalue weighted by Gasteiger charge is 2.17. The predicted octanol–water partition coefficient (Wildman–Crippen LogP) is 0.332. The van der Waals surface area contributed by atoms with E-state index in [2.05, 4.69) is 11.2 Å². The Morgan fingerprint density at radius 1 is 1.64 bits per heavy atom. The number of nitrogens with one attached hydrogen (secondary N) is 1. The Bertz CT molecular complexity index is 247. The molecule has 0 aromatic carbocycles. The first-order valence-electron chi connectivity index (χ1n) is 4.06. The van der Waals surface area contributed by atoms with Crippen molar-refractivity contribution in [1.82, 2.24) is 5.32 Å². The number of carboxylic acid groups (broad SMARTS) is 1. The molecule has 0 saturated heterocycles. The van der Waals surface area contributed by atoms with Crippen molar-refractivity contribution < 1.29 is 14.7 Å². The minimum atomic E-state index is -1.10. The molecule has 0 radical (unpaired) electrons. The van der Waals surface area contributed by atoms with Gasteiger partial charge in [-0.2, -0.15) is 11.8 Å². The summed E-state index contributed by atoms with van der Waals surface area (Å²) in [6, 6.07) is -0.964. The molecule has 0 saturated carbocycles. The number of carbonyl (C=O) groups is 2. The lowest BCUT2D eigenvalue weighted by Gasteiger charge is -2.10. The van der Waals surface area contributed by atoms with Crippen molar-refractivity contribution in [3.63, 3.8) is 0 Å². The molecule has 0 spiro atoms. The van der Waals surface area contributed by atoms with Crippen molar-refractivity contribution in [1.29, 1.82) is 0 Å². The van der Waals surface area contributed by atoms with Crippen molar-refractivity contribution in [2.75, 3.05) is 12.0 Å². The van der Waals surface area contributed by atoms with Crippen LogP contribution in [0, 0.1) is 12.3 Å². The van der Waals surface area contributed by atoms with Gasteiger partial charge in [0.25, 0.3) is 0 Å². The van der Waals surface area contributed by atoms with Crippen molar-refractivity contribution >= 4 is 23.6 Å². The van der Waals surface area contributed by atoms with Gasteiger partial charge in [-0.3, -0.25) is 4.79 Å². The number of amides is 1. The second kappa shape index (κ2) is 7.27. The molecule has 0 aromatic rings. The predicted molar refractivity (Wildman–Crippen MR) is 56.0 cm³/mol. The highest BCUT2D eigenvalue weighted by Crippen LogP contribution is 1.97. The van der Waals surface area contributed by atoms with Gasteiger partial charge >= 0.3 is 5.97 Å². The summed E-state index contributed by atoms with van der Waals surface area (Å²) < 4.78 is 0. The maximum atomic E-state index is 11.1. The van der Waals surface area contributed by atoms with Crippen LogP contribution in [0.25, 0.3) is 0 Å². The zero-order chi connectivity index (χ0) is 11.0. The van der Waals surface area contributed by atoms with Gasteiger partial charge in [-0.05, 0) is 6.26 Å². The summed E-state index contributed by atoms with van der Waals surface area (Å²) in [6.07, 6.45) is 7.18. The Kier molecular flexibility index (Phi) is 6.68. The molecule has 1 amide bonds. The summed E-state index contributed by atoms with van der Waals surface area (Å²) in [6.45, 7) is 0. The fourth-order valence-corrected chi connectivity index (χ4v) is 1.17.